The molecule has 0 radical (unpaired) electrons. The molecule has 0 atom stereocenters. The minimum absolute atomic E-state index is 0.172. The van der Waals surface area contributed by atoms with Crippen LogP contribution in [0.5, 0.6) is 0 Å². The van der Waals surface area contributed by atoms with Gasteiger partial charge in [0.25, 0.3) is 0 Å². The summed E-state index contributed by atoms with van der Waals surface area (Å²) in [6, 6.07) is 0.559. The fourth-order valence-corrected chi connectivity index (χ4v) is 3.36. The van der Waals surface area contributed by atoms with Crippen LogP contribution < -0.4 is 5.32 Å². The Morgan fingerprint density at radius 1 is 1.23 bits per heavy atom. The Morgan fingerprint density at radius 2 is 1.86 bits per heavy atom. The molecule has 0 saturated carbocycles. The second-order valence-electron chi connectivity index (χ2n) is 6.64. The maximum atomic E-state index is 12.0. The molecule has 2 rings (SSSR count). The summed E-state index contributed by atoms with van der Waals surface area (Å²) in [7, 11) is 0. The van der Waals surface area contributed by atoms with Crippen LogP contribution >= 0.6 is 0 Å². The summed E-state index contributed by atoms with van der Waals surface area (Å²) in [4.78, 5) is 16.9. The van der Waals surface area contributed by atoms with Crippen LogP contribution in [0.2, 0.25) is 0 Å². The number of alkyl carbamates (subject to hydrolysis) is 1. The van der Waals surface area contributed by atoms with Crippen LogP contribution in [0.15, 0.2) is 0 Å². The Balaban J connectivity index is 1.98. The number of hydrogen-bond donors (Lipinski definition) is 1. The average Bonchev–Trinajstić information content (AvgIpc) is 2.48. The van der Waals surface area contributed by atoms with Crippen molar-refractivity contribution in [2.75, 3.05) is 52.5 Å². The highest BCUT2D eigenvalue weighted by Crippen LogP contribution is 2.25. The number of carbonyl (C=O) groups is 1. The van der Waals surface area contributed by atoms with Gasteiger partial charge in [0, 0.05) is 38.8 Å². The van der Waals surface area contributed by atoms with Crippen molar-refractivity contribution in [1.82, 2.24) is 15.1 Å². The summed E-state index contributed by atoms with van der Waals surface area (Å²) in [5.41, 5.74) is -0.172. The van der Waals surface area contributed by atoms with E-state index in [-0.39, 0.29) is 11.6 Å². The smallest absolute Gasteiger partial charge is 0.407 e. The van der Waals surface area contributed by atoms with E-state index >= 15 is 0 Å². The number of likely N-dealkylation sites (tertiary alicyclic amines) is 1. The van der Waals surface area contributed by atoms with Gasteiger partial charge < -0.3 is 19.7 Å². The first-order valence-corrected chi connectivity index (χ1v) is 8.54. The van der Waals surface area contributed by atoms with Gasteiger partial charge >= 0.3 is 6.09 Å². The summed E-state index contributed by atoms with van der Waals surface area (Å²) in [5.74, 6) is 0. The van der Waals surface area contributed by atoms with Crippen molar-refractivity contribution in [1.29, 1.82) is 0 Å². The predicted octanol–water partition coefficient (Wildman–Crippen LogP) is 1.31. The van der Waals surface area contributed by atoms with Gasteiger partial charge in [-0.25, -0.2) is 4.79 Å². The normalized spacial score (nSPS) is 23.5. The summed E-state index contributed by atoms with van der Waals surface area (Å²) in [6.45, 7) is 13.1. The lowest BCUT2D eigenvalue weighted by molar-refractivity contribution is 0.00949. The number of amides is 1. The molecule has 2 heterocycles. The standard InChI is InChI=1S/C16H31N3O3/c1-4-22-15(20)17-16(13-18-9-11-21-12-10-18)5-7-19(8-6-16)14(2)3/h14H,4-13H2,1-3H3,(H,17,20). The minimum Gasteiger partial charge on any atom is -0.450 e. The molecule has 128 valence electrons. The number of ether oxygens (including phenoxy) is 2. The number of hydrogen-bond acceptors (Lipinski definition) is 5. The van der Waals surface area contributed by atoms with Crippen LogP contribution in [0, 0.1) is 0 Å². The maximum Gasteiger partial charge on any atom is 0.407 e. The molecule has 0 aromatic rings. The lowest BCUT2D eigenvalue weighted by Crippen LogP contribution is -2.62. The Bertz CT molecular complexity index is 349. The molecular weight excluding hydrogens is 282 g/mol. The lowest BCUT2D eigenvalue weighted by Gasteiger charge is -2.46. The number of rotatable bonds is 5. The number of piperidine rings is 1. The fourth-order valence-electron chi connectivity index (χ4n) is 3.36. The topological polar surface area (TPSA) is 54.0 Å². The quantitative estimate of drug-likeness (QED) is 0.829. The molecule has 6 nitrogen and oxygen atoms in total. The summed E-state index contributed by atoms with van der Waals surface area (Å²) >= 11 is 0. The molecule has 0 aromatic carbocycles. The van der Waals surface area contributed by atoms with Gasteiger partial charge in [-0.05, 0) is 33.6 Å². The minimum atomic E-state index is -0.284. The fraction of sp³-hybridized carbons (Fsp3) is 0.938. The van der Waals surface area contributed by atoms with Crippen LogP contribution in [-0.2, 0) is 9.47 Å². The van der Waals surface area contributed by atoms with E-state index < -0.39 is 0 Å². The molecule has 2 aliphatic heterocycles. The van der Waals surface area contributed by atoms with Crippen molar-refractivity contribution in [3.8, 4) is 0 Å². The zero-order valence-corrected chi connectivity index (χ0v) is 14.3. The van der Waals surface area contributed by atoms with Gasteiger partial charge in [-0.15, -0.1) is 0 Å². The lowest BCUT2D eigenvalue weighted by atomic mass is 9.86. The Labute approximate surface area is 134 Å². The second kappa shape index (κ2) is 8.13. The van der Waals surface area contributed by atoms with Gasteiger partial charge in [-0.2, -0.15) is 0 Å². The molecule has 1 N–H and O–H groups in total. The van der Waals surface area contributed by atoms with Crippen molar-refractivity contribution >= 4 is 6.09 Å². The highest BCUT2D eigenvalue weighted by atomic mass is 16.5. The molecule has 6 heteroatoms. The SMILES string of the molecule is CCOC(=O)NC1(CN2CCOCC2)CCN(C(C)C)CC1. The van der Waals surface area contributed by atoms with Gasteiger partial charge in [0.05, 0.1) is 25.4 Å². The van der Waals surface area contributed by atoms with E-state index in [0.717, 1.165) is 58.8 Å². The molecule has 0 bridgehead atoms. The van der Waals surface area contributed by atoms with Crippen LogP contribution in [0.1, 0.15) is 33.6 Å². The summed E-state index contributed by atoms with van der Waals surface area (Å²) in [5, 5.41) is 3.17. The van der Waals surface area contributed by atoms with Crippen LogP contribution in [-0.4, -0.2) is 80.0 Å². The third-order valence-electron chi connectivity index (χ3n) is 4.76. The molecule has 1 amide bonds. The molecule has 0 aromatic heterocycles. The van der Waals surface area contributed by atoms with E-state index in [2.05, 4.69) is 29.0 Å². The molecule has 2 saturated heterocycles. The van der Waals surface area contributed by atoms with Crippen molar-refractivity contribution in [3.05, 3.63) is 0 Å². The van der Waals surface area contributed by atoms with Crippen molar-refractivity contribution < 1.29 is 14.3 Å². The van der Waals surface area contributed by atoms with Gasteiger partial charge in [0.1, 0.15) is 0 Å². The van der Waals surface area contributed by atoms with Gasteiger partial charge in [-0.1, -0.05) is 0 Å². The number of carbonyl (C=O) groups excluding carboxylic acids is 1. The van der Waals surface area contributed by atoms with Gasteiger partial charge in [0.15, 0.2) is 0 Å². The molecule has 2 fully saturated rings. The maximum absolute atomic E-state index is 12.0. The molecule has 22 heavy (non-hydrogen) atoms. The van der Waals surface area contributed by atoms with E-state index in [1.54, 1.807) is 0 Å². The molecular formula is C16H31N3O3. The summed E-state index contributed by atoms with van der Waals surface area (Å²) in [6.07, 6.45) is 1.66. The van der Waals surface area contributed by atoms with Crippen molar-refractivity contribution in [2.45, 2.75) is 45.2 Å². The number of morpholine rings is 1. The predicted molar refractivity (Wildman–Crippen MR) is 86.1 cm³/mol. The van der Waals surface area contributed by atoms with E-state index in [1.165, 1.54) is 0 Å². The number of nitrogens with one attached hydrogen (secondary N) is 1. The van der Waals surface area contributed by atoms with E-state index in [1.807, 2.05) is 6.92 Å². The van der Waals surface area contributed by atoms with E-state index in [9.17, 15) is 4.79 Å². The first-order valence-electron chi connectivity index (χ1n) is 8.54. The van der Waals surface area contributed by atoms with Crippen LogP contribution in [0.4, 0.5) is 4.79 Å². The Kier molecular flexibility index (Phi) is 6.47. The van der Waals surface area contributed by atoms with Gasteiger partial charge in [-0.3, -0.25) is 4.90 Å². The highest BCUT2D eigenvalue weighted by molar-refractivity contribution is 5.68. The third-order valence-corrected chi connectivity index (χ3v) is 4.76. The van der Waals surface area contributed by atoms with Crippen molar-refractivity contribution in [3.63, 3.8) is 0 Å². The van der Waals surface area contributed by atoms with E-state index in [4.69, 9.17) is 9.47 Å². The zero-order chi connectivity index (χ0) is 16.0. The second-order valence-corrected chi connectivity index (χ2v) is 6.64. The third kappa shape index (κ3) is 4.83. The summed E-state index contributed by atoms with van der Waals surface area (Å²) < 4.78 is 10.6. The molecule has 0 unspecified atom stereocenters. The van der Waals surface area contributed by atoms with Crippen molar-refractivity contribution in [2.24, 2.45) is 0 Å². The zero-order valence-electron chi connectivity index (χ0n) is 14.3. The Morgan fingerprint density at radius 3 is 2.41 bits per heavy atom. The molecule has 0 spiro atoms. The average molecular weight is 313 g/mol. The van der Waals surface area contributed by atoms with E-state index in [0.29, 0.717) is 12.6 Å². The number of nitrogens with zero attached hydrogens (tertiary/aromatic N) is 2. The van der Waals surface area contributed by atoms with Crippen LogP contribution in [0.25, 0.3) is 0 Å². The Hall–Kier alpha value is -0.850. The van der Waals surface area contributed by atoms with Gasteiger partial charge in [0.2, 0.25) is 0 Å². The largest absolute Gasteiger partial charge is 0.450 e. The highest BCUT2D eigenvalue weighted by Gasteiger charge is 2.38. The first kappa shape index (κ1) is 17.5. The molecule has 2 aliphatic rings. The monoisotopic (exact) mass is 313 g/mol. The molecule has 0 aliphatic carbocycles. The first-order chi connectivity index (χ1) is 10.5. The van der Waals surface area contributed by atoms with Crippen LogP contribution in [0.3, 0.4) is 0 Å².